The third kappa shape index (κ3) is 5.78. The van der Waals surface area contributed by atoms with E-state index in [1.165, 1.54) is 0 Å². The second-order valence-electron chi connectivity index (χ2n) is 7.28. The van der Waals surface area contributed by atoms with Crippen LogP contribution in [0, 0.1) is 25.4 Å². The highest BCUT2D eigenvalue weighted by Gasteiger charge is 2.15. The first-order valence-electron chi connectivity index (χ1n) is 9.93. The Hall–Kier alpha value is -2.78. The molecular formula is C25H18I2N2O4. The number of rotatable bonds is 6. The zero-order valence-corrected chi connectivity index (χ0v) is 21.8. The average molecular weight is 664 g/mol. The van der Waals surface area contributed by atoms with Gasteiger partial charge >= 0.3 is 0 Å². The number of aryl methyl sites for hydroxylation is 1. The number of amides is 1. The minimum Gasteiger partial charge on any atom is -0.487 e. The first-order chi connectivity index (χ1) is 15.9. The van der Waals surface area contributed by atoms with Crippen molar-refractivity contribution in [3.8, 4) is 23.3 Å². The largest absolute Gasteiger partial charge is 0.487 e. The molecule has 4 rings (SSSR count). The van der Waals surface area contributed by atoms with E-state index in [0.717, 1.165) is 35.3 Å². The van der Waals surface area contributed by atoms with Crippen LogP contribution in [0.4, 0.5) is 5.69 Å². The van der Waals surface area contributed by atoms with Crippen molar-refractivity contribution in [1.82, 2.24) is 0 Å². The molecule has 0 radical (unpaired) electrons. The van der Waals surface area contributed by atoms with Gasteiger partial charge < -0.3 is 19.5 Å². The van der Waals surface area contributed by atoms with Crippen LogP contribution in [-0.2, 0) is 11.4 Å². The maximum absolute atomic E-state index is 12.6. The van der Waals surface area contributed by atoms with E-state index in [1.54, 1.807) is 18.2 Å². The number of carbonyl (C=O) groups is 1. The van der Waals surface area contributed by atoms with Gasteiger partial charge in [0.05, 0.1) is 7.14 Å². The van der Waals surface area contributed by atoms with Crippen LogP contribution in [0.25, 0.3) is 6.08 Å². The van der Waals surface area contributed by atoms with Crippen molar-refractivity contribution >= 4 is 62.9 Å². The van der Waals surface area contributed by atoms with Gasteiger partial charge in [-0.15, -0.1) is 0 Å². The summed E-state index contributed by atoms with van der Waals surface area (Å²) in [7, 11) is 0. The summed E-state index contributed by atoms with van der Waals surface area (Å²) >= 11 is 4.39. The fraction of sp³-hybridized carbons (Fsp3) is 0.120. The average Bonchev–Trinajstić information content (AvgIpc) is 3.26. The van der Waals surface area contributed by atoms with Gasteiger partial charge in [-0.2, -0.15) is 5.26 Å². The molecule has 1 amide bonds. The second-order valence-corrected chi connectivity index (χ2v) is 9.60. The van der Waals surface area contributed by atoms with Crippen LogP contribution in [0.15, 0.2) is 60.2 Å². The lowest BCUT2D eigenvalue weighted by Gasteiger charge is -2.12. The van der Waals surface area contributed by atoms with Gasteiger partial charge in [-0.1, -0.05) is 23.8 Å². The quantitative estimate of drug-likeness (QED) is 0.197. The highest BCUT2D eigenvalue weighted by molar-refractivity contribution is 14.1. The van der Waals surface area contributed by atoms with E-state index in [1.807, 2.05) is 55.5 Å². The molecule has 3 aromatic carbocycles. The SMILES string of the molecule is Cc1ccc(NC(=O)/C(C#N)=C\c2cc(I)c(OCc3ccc4c(c3)OCO4)c(I)c2)cc1. The molecule has 1 aliphatic rings. The smallest absolute Gasteiger partial charge is 0.266 e. The molecule has 33 heavy (non-hydrogen) atoms. The number of hydrogen-bond donors (Lipinski definition) is 1. The van der Waals surface area contributed by atoms with Crippen molar-refractivity contribution in [2.75, 3.05) is 12.1 Å². The molecule has 0 fully saturated rings. The van der Waals surface area contributed by atoms with E-state index in [-0.39, 0.29) is 12.4 Å². The molecule has 0 saturated carbocycles. The number of halogens is 2. The third-order valence-electron chi connectivity index (χ3n) is 4.83. The zero-order valence-electron chi connectivity index (χ0n) is 17.5. The van der Waals surface area contributed by atoms with Crippen LogP contribution in [-0.4, -0.2) is 12.7 Å². The van der Waals surface area contributed by atoms with E-state index in [2.05, 4.69) is 50.5 Å². The number of nitrogens with one attached hydrogen (secondary N) is 1. The van der Waals surface area contributed by atoms with Gasteiger partial charge in [-0.3, -0.25) is 4.79 Å². The Morgan fingerprint density at radius 2 is 1.79 bits per heavy atom. The Morgan fingerprint density at radius 1 is 1.09 bits per heavy atom. The molecule has 0 aliphatic carbocycles. The fourth-order valence-corrected chi connectivity index (χ4v) is 5.27. The second kappa shape index (κ2) is 10.4. The predicted octanol–water partition coefficient (Wildman–Crippen LogP) is 6.06. The Morgan fingerprint density at radius 3 is 2.48 bits per heavy atom. The molecule has 0 atom stereocenters. The molecule has 1 heterocycles. The predicted molar refractivity (Wildman–Crippen MR) is 142 cm³/mol. The Labute approximate surface area is 218 Å². The molecule has 0 aromatic heterocycles. The zero-order chi connectivity index (χ0) is 23.4. The van der Waals surface area contributed by atoms with Gasteiger partial charge in [0, 0.05) is 5.69 Å². The maximum Gasteiger partial charge on any atom is 0.266 e. The van der Waals surface area contributed by atoms with E-state index in [9.17, 15) is 10.1 Å². The van der Waals surface area contributed by atoms with Crippen LogP contribution in [0.1, 0.15) is 16.7 Å². The first-order valence-corrected chi connectivity index (χ1v) is 12.1. The van der Waals surface area contributed by atoms with E-state index >= 15 is 0 Å². The molecule has 3 aromatic rings. The van der Waals surface area contributed by atoms with Gasteiger partial charge in [0.25, 0.3) is 5.91 Å². The summed E-state index contributed by atoms with van der Waals surface area (Å²) in [5.41, 5.74) is 3.47. The van der Waals surface area contributed by atoms with E-state index in [4.69, 9.17) is 14.2 Å². The van der Waals surface area contributed by atoms with Crippen LogP contribution in [0.3, 0.4) is 0 Å². The minimum absolute atomic E-state index is 0.0243. The molecular weight excluding hydrogens is 646 g/mol. The summed E-state index contributed by atoms with van der Waals surface area (Å²) in [5.74, 6) is 1.75. The molecule has 166 valence electrons. The van der Waals surface area contributed by atoms with Gasteiger partial charge in [-0.05, 0) is 106 Å². The van der Waals surface area contributed by atoms with Crippen molar-refractivity contribution in [2.45, 2.75) is 13.5 Å². The van der Waals surface area contributed by atoms with E-state index < -0.39 is 5.91 Å². The van der Waals surface area contributed by atoms with Crippen molar-refractivity contribution in [3.05, 3.63) is 84.0 Å². The molecule has 0 unspecified atom stereocenters. The lowest BCUT2D eigenvalue weighted by Crippen LogP contribution is -2.13. The van der Waals surface area contributed by atoms with Crippen LogP contribution < -0.4 is 19.5 Å². The molecule has 8 heteroatoms. The fourth-order valence-electron chi connectivity index (χ4n) is 3.14. The van der Waals surface area contributed by atoms with Crippen molar-refractivity contribution in [1.29, 1.82) is 5.26 Å². The number of anilines is 1. The summed E-state index contributed by atoms with van der Waals surface area (Å²) in [6.45, 7) is 2.58. The first kappa shape index (κ1) is 23.4. The standard InChI is InChI=1S/C25H18I2N2O4/c1-15-2-5-19(6-3-15)29-25(30)18(12-28)8-17-9-20(26)24(21(27)10-17)31-13-16-4-7-22-23(11-16)33-14-32-22/h2-11H,13-14H2,1H3,(H,29,30)/b18-8-. The molecule has 1 N–H and O–H groups in total. The van der Waals surface area contributed by atoms with Crippen molar-refractivity contribution in [2.24, 2.45) is 0 Å². The lowest BCUT2D eigenvalue weighted by atomic mass is 10.1. The van der Waals surface area contributed by atoms with Crippen molar-refractivity contribution < 1.29 is 19.0 Å². The topological polar surface area (TPSA) is 80.6 Å². The lowest BCUT2D eigenvalue weighted by molar-refractivity contribution is -0.112. The number of hydrogen-bond acceptors (Lipinski definition) is 5. The summed E-state index contributed by atoms with van der Waals surface area (Å²) in [5, 5.41) is 12.3. The number of nitriles is 1. The number of fused-ring (bicyclic) bond motifs is 1. The minimum atomic E-state index is -0.450. The van der Waals surface area contributed by atoms with Crippen LogP contribution in [0.5, 0.6) is 17.2 Å². The number of carbonyl (C=O) groups excluding carboxylic acids is 1. The van der Waals surface area contributed by atoms with Crippen LogP contribution in [0.2, 0.25) is 0 Å². The molecule has 0 bridgehead atoms. The Bertz CT molecular complexity index is 1260. The highest BCUT2D eigenvalue weighted by atomic mass is 127. The van der Waals surface area contributed by atoms with Crippen LogP contribution >= 0.6 is 45.2 Å². The Kier molecular flexibility index (Phi) is 7.39. The van der Waals surface area contributed by atoms with Gasteiger partial charge in [0.1, 0.15) is 24.0 Å². The molecule has 0 spiro atoms. The highest BCUT2D eigenvalue weighted by Crippen LogP contribution is 2.34. The summed E-state index contributed by atoms with van der Waals surface area (Å²) in [6, 6.07) is 18.9. The summed E-state index contributed by atoms with van der Waals surface area (Å²) in [4.78, 5) is 12.6. The number of ether oxygens (including phenoxy) is 3. The normalized spacial score (nSPS) is 12.2. The maximum atomic E-state index is 12.6. The van der Waals surface area contributed by atoms with Gasteiger partial charge in [0.15, 0.2) is 11.5 Å². The molecule has 1 aliphatic heterocycles. The van der Waals surface area contributed by atoms with Gasteiger partial charge in [-0.25, -0.2) is 0 Å². The molecule has 6 nitrogen and oxygen atoms in total. The monoisotopic (exact) mass is 664 g/mol. The third-order valence-corrected chi connectivity index (χ3v) is 6.43. The summed E-state index contributed by atoms with van der Waals surface area (Å²) in [6.07, 6.45) is 1.58. The Balaban J connectivity index is 1.48. The number of benzene rings is 3. The molecule has 0 saturated heterocycles. The summed E-state index contributed by atoms with van der Waals surface area (Å²) < 4.78 is 18.6. The van der Waals surface area contributed by atoms with Crippen molar-refractivity contribution in [3.63, 3.8) is 0 Å². The van der Waals surface area contributed by atoms with Gasteiger partial charge in [0.2, 0.25) is 6.79 Å². The van der Waals surface area contributed by atoms with E-state index in [0.29, 0.717) is 18.0 Å². The number of nitrogens with zero attached hydrogens (tertiary/aromatic N) is 1.